The third kappa shape index (κ3) is 2.16. The second-order valence-electron chi connectivity index (χ2n) is 4.96. The minimum absolute atomic E-state index is 0.0482. The second-order valence-corrected chi connectivity index (χ2v) is 4.96. The topological polar surface area (TPSA) is 28.7 Å². The van der Waals surface area contributed by atoms with Crippen molar-refractivity contribution in [1.82, 2.24) is 10.2 Å². The molecule has 22 heavy (non-hydrogen) atoms. The molecule has 0 spiro atoms. The Kier molecular flexibility index (Phi) is 3.69. The van der Waals surface area contributed by atoms with E-state index < -0.39 is 35.2 Å². The molecule has 1 aliphatic rings. The van der Waals surface area contributed by atoms with Crippen molar-refractivity contribution >= 4 is 0 Å². The van der Waals surface area contributed by atoms with E-state index in [2.05, 4.69) is 5.10 Å². The maximum Gasteiger partial charge on any atom is 0.460 e. The zero-order valence-corrected chi connectivity index (χ0v) is 10.7. The van der Waals surface area contributed by atoms with Gasteiger partial charge in [0.2, 0.25) is 0 Å². The second kappa shape index (κ2) is 4.79. The van der Waals surface area contributed by atoms with E-state index in [0.29, 0.717) is 12.8 Å². The number of aromatic nitrogens is 2. The molecule has 1 heterocycles. The third-order valence-corrected chi connectivity index (χ3v) is 3.50. The van der Waals surface area contributed by atoms with Gasteiger partial charge in [0.25, 0.3) is 0 Å². The summed E-state index contributed by atoms with van der Waals surface area (Å²) in [7, 11) is 0. The number of alkyl halides is 9. The smallest absolute Gasteiger partial charge is 0.282 e. The highest BCUT2D eigenvalue weighted by molar-refractivity contribution is 5.32. The Bertz CT molecular complexity index is 558. The van der Waals surface area contributed by atoms with Crippen LogP contribution in [0, 0.1) is 0 Å². The number of rotatable bonds is 3. The molecule has 0 atom stereocenters. The van der Waals surface area contributed by atoms with Gasteiger partial charge in [-0.15, -0.1) is 0 Å². The van der Waals surface area contributed by atoms with Crippen molar-refractivity contribution < 1.29 is 39.5 Å². The Morgan fingerprint density at radius 2 is 1.32 bits per heavy atom. The number of H-pyrrole nitrogens is 1. The number of nitrogens with one attached hydrogen (secondary N) is 1. The Morgan fingerprint density at radius 3 is 1.86 bits per heavy atom. The largest absolute Gasteiger partial charge is 0.460 e. The summed E-state index contributed by atoms with van der Waals surface area (Å²) in [5.74, 6) is -19.3. The SMILES string of the molecule is FC(F)(F)C(F)(F)C(F)(F)C(F)(F)c1n[nH]c2c1CCCC2. The lowest BCUT2D eigenvalue weighted by molar-refractivity contribution is -0.400. The highest BCUT2D eigenvalue weighted by atomic mass is 19.4. The molecule has 1 aromatic heterocycles. The van der Waals surface area contributed by atoms with E-state index in [1.165, 1.54) is 0 Å². The van der Waals surface area contributed by atoms with Gasteiger partial charge in [0.1, 0.15) is 5.69 Å². The normalized spacial score (nSPS) is 17.5. The number of aryl methyl sites for hydroxylation is 1. The van der Waals surface area contributed by atoms with Gasteiger partial charge in [-0.1, -0.05) is 0 Å². The molecule has 126 valence electrons. The summed E-state index contributed by atoms with van der Waals surface area (Å²) in [6.45, 7) is 0. The van der Waals surface area contributed by atoms with Crippen molar-refractivity contribution in [2.45, 2.75) is 49.6 Å². The highest BCUT2D eigenvalue weighted by Crippen LogP contribution is 2.57. The number of fused-ring (bicyclic) bond motifs is 1. The first kappa shape index (κ1) is 16.9. The summed E-state index contributed by atoms with van der Waals surface area (Å²) < 4.78 is 116. The van der Waals surface area contributed by atoms with Gasteiger partial charge < -0.3 is 0 Å². The van der Waals surface area contributed by atoms with Crippen LogP contribution in [0.25, 0.3) is 0 Å². The maximum atomic E-state index is 13.8. The fraction of sp³-hybridized carbons (Fsp3) is 0.727. The van der Waals surface area contributed by atoms with Crippen molar-refractivity contribution in [3.05, 3.63) is 17.0 Å². The van der Waals surface area contributed by atoms with Gasteiger partial charge in [-0.3, -0.25) is 5.10 Å². The predicted octanol–water partition coefficient (Wildman–Crippen LogP) is 4.21. The molecule has 1 aliphatic carbocycles. The molecule has 0 radical (unpaired) electrons. The molecule has 11 heteroatoms. The van der Waals surface area contributed by atoms with Crippen LogP contribution < -0.4 is 0 Å². The van der Waals surface area contributed by atoms with E-state index in [1.807, 2.05) is 5.10 Å². The summed E-state index contributed by atoms with van der Waals surface area (Å²) >= 11 is 0. The van der Waals surface area contributed by atoms with Gasteiger partial charge in [-0.05, 0) is 25.7 Å². The number of hydrogen-bond donors (Lipinski definition) is 1. The molecule has 0 saturated carbocycles. The molecule has 0 bridgehead atoms. The van der Waals surface area contributed by atoms with Gasteiger partial charge >= 0.3 is 23.9 Å². The summed E-state index contributed by atoms with van der Waals surface area (Å²) in [6, 6.07) is 0. The average molecular weight is 340 g/mol. The van der Waals surface area contributed by atoms with E-state index >= 15 is 0 Å². The van der Waals surface area contributed by atoms with Crippen molar-refractivity contribution in [3.8, 4) is 0 Å². The van der Waals surface area contributed by atoms with E-state index in [9.17, 15) is 39.5 Å². The van der Waals surface area contributed by atoms with Crippen molar-refractivity contribution in [2.75, 3.05) is 0 Å². The quantitative estimate of drug-likeness (QED) is 0.821. The zero-order chi connectivity index (χ0) is 17.0. The average Bonchev–Trinajstić information content (AvgIpc) is 2.81. The fourth-order valence-electron chi connectivity index (χ4n) is 2.26. The van der Waals surface area contributed by atoms with Crippen LogP contribution in [0.1, 0.15) is 29.8 Å². The Morgan fingerprint density at radius 1 is 0.773 bits per heavy atom. The summed E-state index contributed by atoms with van der Waals surface area (Å²) in [6.07, 6.45) is -5.94. The van der Waals surface area contributed by atoms with E-state index in [0.717, 1.165) is 0 Å². The van der Waals surface area contributed by atoms with Crippen LogP contribution >= 0.6 is 0 Å². The molecule has 1 aromatic rings. The molecule has 0 fully saturated rings. The fourth-order valence-corrected chi connectivity index (χ4v) is 2.26. The molecule has 0 aromatic carbocycles. The van der Waals surface area contributed by atoms with Crippen LogP contribution in [0.15, 0.2) is 0 Å². The molecule has 0 aliphatic heterocycles. The predicted molar refractivity (Wildman–Crippen MR) is 55.1 cm³/mol. The lowest BCUT2D eigenvalue weighted by Gasteiger charge is -2.33. The zero-order valence-electron chi connectivity index (χ0n) is 10.7. The molecular formula is C11H9F9N2. The van der Waals surface area contributed by atoms with Crippen molar-refractivity contribution in [1.29, 1.82) is 0 Å². The lowest BCUT2D eigenvalue weighted by Crippen LogP contribution is -2.59. The first-order valence-corrected chi connectivity index (χ1v) is 6.11. The first-order chi connectivity index (χ1) is 9.84. The van der Waals surface area contributed by atoms with Crippen LogP contribution in [-0.2, 0) is 18.8 Å². The molecule has 2 nitrogen and oxygen atoms in total. The first-order valence-electron chi connectivity index (χ1n) is 6.11. The molecule has 0 amide bonds. The number of nitrogens with zero attached hydrogens (tertiary/aromatic N) is 1. The number of halogens is 9. The minimum atomic E-state index is -6.90. The highest BCUT2D eigenvalue weighted by Gasteiger charge is 2.82. The third-order valence-electron chi connectivity index (χ3n) is 3.50. The summed E-state index contributed by atoms with van der Waals surface area (Å²) in [5.41, 5.74) is -2.13. The van der Waals surface area contributed by atoms with E-state index in [4.69, 9.17) is 0 Å². The van der Waals surface area contributed by atoms with Gasteiger partial charge in [0.15, 0.2) is 0 Å². The molecule has 0 saturated heterocycles. The summed E-state index contributed by atoms with van der Waals surface area (Å²) in [4.78, 5) is 0. The van der Waals surface area contributed by atoms with Gasteiger partial charge in [-0.2, -0.15) is 44.6 Å². The van der Waals surface area contributed by atoms with Crippen LogP contribution in [0.2, 0.25) is 0 Å². The Balaban J connectivity index is 2.51. The molecule has 0 unspecified atom stereocenters. The van der Waals surface area contributed by atoms with Gasteiger partial charge in [0, 0.05) is 11.3 Å². The van der Waals surface area contributed by atoms with Crippen molar-refractivity contribution in [2.24, 2.45) is 0 Å². The number of hydrogen-bond acceptors (Lipinski definition) is 1. The van der Waals surface area contributed by atoms with Crippen LogP contribution in [0.3, 0.4) is 0 Å². The Labute approximate surface area is 117 Å². The van der Waals surface area contributed by atoms with Crippen LogP contribution in [0.4, 0.5) is 39.5 Å². The summed E-state index contributed by atoms with van der Waals surface area (Å²) in [5, 5.41) is 4.88. The van der Waals surface area contributed by atoms with E-state index in [1.54, 1.807) is 0 Å². The monoisotopic (exact) mass is 340 g/mol. The minimum Gasteiger partial charge on any atom is -0.282 e. The lowest BCUT2D eigenvalue weighted by atomic mass is 9.91. The molecule has 2 rings (SSSR count). The maximum absolute atomic E-state index is 13.8. The Hall–Kier alpha value is -1.42. The molecular weight excluding hydrogens is 331 g/mol. The molecule has 1 N–H and O–H groups in total. The van der Waals surface area contributed by atoms with Gasteiger partial charge in [0.05, 0.1) is 0 Å². The van der Waals surface area contributed by atoms with Crippen LogP contribution in [-0.4, -0.2) is 28.2 Å². The number of aromatic amines is 1. The van der Waals surface area contributed by atoms with Crippen molar-refractivity contribution in [3.63, 3.8) is 0 Å². The van der Waals surface area contributed by atoms with Gasteiger partial charge in [-0.25, -0.2) is 0 Å². The van der Waals surface area contributed by atoms with Crippen LogP contribution in [0.5, 0.6) is 0 Å². The standard InChI is InChI=1S/C11H9F9N2/c12-8(13,9(14,15)10(16,17)11(18,19)20)7-5-3-1-2-4-6(5)21-22-7/h1-4H2,(H,21,22). The van der Waals surface area contributed by atoms with E-state index in [-0.39, 0.29) is 18.5 Å².